The van der Waals surface area contributed by atoms with Crippen LogP contribution in [-0.4, -0.2) is 30.2 Å². The molecular weight excluding hydrogens is 228 g/mol. The molecule has 4 heteroatoms. The van der Waals surface area contributed by atoms with Crippen LogP contribution in [0.4, 0.5) is 5.69 Å². The fourth-order valence-electron chi connectivity index (χ4n) is 2.38. The van der Waals surface area contributed by atoms with Gasteiger partial charge in [0.05, 0.1) is 24.4 Å². The Kier molecular flexibility index (Phi) is 2.44. The van der Waals surface area contributed by atoms with Gasteiger partial charge in [-0.3, -0.25) is 9.79 Å². The summed E-state index contributed by atoms with van der Waals surface area (Å²) >= 11 is 0. The molecule has 0 fully saturated rings. The molecule has 4 nitrogen and oxygen atoms in total. The molecule has 2 heterocycles. The van der Waals surface area contributed by atoms with E-state index < -0.39 is 0 Å². The zero-order chi connectivity index (χ0) is 12.7. The van der Waals surface area contributed by atoms with Crippen molar-refractivity contribution in [3.8, 4) is 5.75 Å². The SMILES string of the molecule is COc1ccc2c(c1)C(=O)N1C=C(C)C[C@H]1C=N2. The summed E-state index contributed by atoms with van der Waals surface area (Å²) in [7, 11) is 1.59. The van der Waals surface area contributed by atoms with Crippen LogP contribution in [-0.2, 0) is 0 Å². The van der Waals surface area contributed by atoms with Crippen molar-refractivity contribution >= 4 is 17.8 Å². The molecule has 0 spiro atoms. The summed E-state index contributed by atoms with van der Waals surface area (Å²) < 4.78 is 5.16. The monoisotopic (exact) mass is 242 g/mol. The van der Waals surface area contributed by atoms with E-state index >= 15 is 0 Å². The van der Waals surface area contributed by atoms with E-state index in [0.29, 0.717) is 17.0 Å². The minimum atomic E-state index is -0.0109. The average molecular weight is 242 g/mol. The highest BCUT2D eigenvalue weighted by Crippen LogP contribution is 2.32. The number of carbonyl (C=O) groups excluding carboxylic acids is 1. The lowest BCUT2D eigenvalue weighted by atomic mass is 10.1. The van der Waals surface area contributed by atoms with Gasteiger partial charge in [-0.1, -0.05) is 5.57 Å². The van der Waals surface area contributed by atoms with Gasteiger partial charge in [0.2, 0.25) is 0 Å². The Morgan fingerprint density at radius 1 is 1.44 bits per heavy atom. The molecule has 0 N–H and O–H groups in total. The van der Waals surface area contributed by atoms with E-state index in [1.54, 1.807) is 18.1 Å². The van der Waals surface area contributed by atoms with Crippen LogP contribution in [0.1, 0.15) is 23.7 Å². The van der Waals surface area contributed by atoms with Gasteiger partial charge in [-0.25, -0.2) is 0 Å². The molecule has 3 rings (SSSR count). The second-order valence-corrected chi connectivity index (χ2v) is 4.62. The second-order valence-electron chi connectivity index (χ2n) is 4.62. The van der Waals surface area contributed by atoms with Crippen molar-refractivity contribution in [3.63, 3.8) is 0 Å². The van der Waals surface area contributed by atoms with E-state index in [0.717, 1.165) is 6.42 Å². The van der Waals surface area contributed by atoms with Gasteiger partial charge in [-0.05, 0) is 31.5 Å². The molecule has 2 aliphatic heterocycles. The summed E-state index contributed by atoms with van der Waals surface area (Å²) in [4.78, 5) is 18.6. The van der Waals surface area contributed by atoms with Crippen LogP contribution >= 0.6 is 0 Å². The normalized spacial score (nSPS) is 21.2. The average Bonchev–Trinajstić information content (AvgIpc) is 2.71. The van der Waals surface area contributed by atoms with E-state index in [2.05, 4.69) is 4.99 Å². The summed E-state index contributed by atoms with van der Waals surface area (Å²) in [6.07, 6.45) is 4.62. The van der Waals surface area contributed by atoms with E-state index in [4.69, 9.17) is 4.74 Å². The van der Waals surface area contributed by atoms with E-state index in [9.17, 15) is 4.79 Å². The third-order valence-corrected chi connectivity index (χ3v) is 3.30. The van der Waals surface area contributed by atoms with Gasteiger partial charge in [0, 0.05) is 12.4 Å². The molecule has 1 aromatic carbocycles. The molecule has 0 radical (unpaired) electrons. The first-order valence-electron chi connectivity index (χ1n) is 5.91. The number of carbonyl (C=O) groups is 1. The van der Waals surface area contributed by atoms with Crippen molar-refractivity contribution < 1.29 is 9.53 Å². The molecule has 1 aromatic rings. The first-order chi connectivity index (χ1) is 8.69. The number of hydrogen-bond acceptors (Lipinski definition) is 3. The maximum atomic E-state index is 12.5. The van der Waals surface area contributed by atoms with Gasteiger partial charge in [0.25, 0.3) is 5.91 Å². The minimum absolute atomic E-state index is 0.0109. The van der Waals surface area contributed by atoms with Gasteiger partial charge in [0.1, 0.15) is 5.75 Å². The maximum absolute atomic E-state index is 12.5. The van der Waals surface area contributed by atoms with Crippen molar-refractivity contribution in [2.45, 2.75) is 19.4 Å². The van der Waals surface area contributed by atoms with Crippen LogP contribution in [0, 0.1) is 0 Å². The molecule has 0 unspecified atom stereocenters. The minimum Gasteiger partial charge on any atom is -0.497 e. The number of hydrogen-bond donors (Lipinski definition) is 0. The molecule has 0 aromatic heterocycles. The van der Waals surface area contributed by atoms with E-state index in [1.165, 1.54) is 5.57 Å². The first kappa shape index (κ1) is 11.0. The predicted octanol–water partition coefficient (Wildman–Crippen LogP) is 2.53. The third-order valence-electron chi connectivity index (χ3n) is 3.30. The van der Waals surface area contributed by atoms with Gasteiger partial charge in [-0.2, -0.15) is 0 Å². The lowest BCUT2D eigenvalue weighted by molar-refractivity contribution is 0.0817. The zero-order valence-corrected chi connectivity index (χ0v) is 10.4. The first-order valence-corrected chi connectivity index (χ1v) is 5.91. The van der Waals surface area contributed by atoms with Crippen molar-refractivity contribution in [3.05, 3.63) is 35.5 Å². The lowest BCUT2D eigenvalue weighted by Crippen LogP contribution is -2.32. The second kappa shape index (κ2) is 3.98. The Labute approximate surface area is 106 Å². The molecule has 1 atom stereocenters. The highest BCUT2D eigenvalue weighted by Gasteiger charge is 2.30. The summed E-state index contributed by atoms with van der Waals surface area (Å²) in [5, 5.41) is 0. The molecule has 0 saturated heterocycles. The number of fused-ring (bicyclic) bond motifs is 2. The highest BCUT2D eigenvalue weighted by atomic mass is 16.5. The lowest BCUT2D eigenvalue weighted by Gasteiger charge is -2.18. The smallest absolute Gasteiger partial charge is 0.260 e. The molecule has 2 aliphatic rings. The molecule has 0 aliphatic carbocycles. The topological polar surface area (TPSA) is 41.9 Å². The summed E-state index contributed by atoms with van der Waals surface area (Å²) in [6.45, 7) is 2.03. The summed E-state index contributed by atoms with van der Waals surface area (Å²) in [5.41, 5.74) is 2.51. The standard InChI is InChI=1S/C14H14N2O2/c1-9-5-10-7-15-13-4-3-11(18-2)6-12(13)14(17)16(10)8-9/h3-4,6-8,10H,5H2,1-2H3/t10-/m0/s1. The Balaban J connectivity index is 2.09. The fourth-order valence-corrected chi connectivity index (χ4v) is 2.38. The predicted molar refractivity (Wildman–Crippen MR) is 69.5 cm³/mol. The number of methoxy groups -OCH3 is 1. The Bertz CT molecular complexity index is 575. The molecule has 1 amide bonds. The van der Waals surface area contributed by atoms with Gasteiger partial charge in [0.15, 0.2) is 0 Å². The molecule has 92 valence electrons. The third kappa shape index (κ3) is 1.61. The highest BCUT2D eigenvalue weighted by molar-refractivity contribution is 6.03. The molecule has 18 heavy (non-hydrogen) atoms. The van der Waals surface area contributed by atoms with Crippen LogP contribution in [0.15, 0.2) is 35.0 Å². The van der Waals surface area contributed by atoms with Crippen molar-refractivity contribution in [2.75, 3.05) is 7.11 Å². The maximum Gasteiger partial charge on any atom is 0.260 e. The Morgan fingerprint density at radius 2 is 2.28 bits per heavy atom. The quantitative estimate of drug-likeness (QED) is 0.759. The number of benzene rings is 1. The zero-order valence-electron chi connectivity index (χ0n) is 10.4. The van der Waals surface area contributed by atoms with Gasteiger partial charge in [-0.15, -0.1) is 0 Å². The van der Waals surface area contributed by atoms with Crippen LogP contribution in [0.25, 0.3) is 0 Å². The number of aliphatic imine (C=N–C) groups is 1. The number of rotatable bonds is 1. The molecule has 0 saturated carbocycles. The van der Waals surface area contributed by atoms with Gasteiger partial charge < -0.3 is 9.64 Å². The van der Waals surface area contributed by atoms with Gasteiger partial charge >= 0.3 is 0 Å². The number of nitrogens with zero attached hydrogens (tertiary/aromatic N) is 2. The number of amides is 1. The Hall–Kier alpha value is -2.10. The fraction of sp³-hybridized carbons (Fsp3) is 0.286. The largest absolute Gasteiger partial charge is 0.497 e. The van der Waals surface area contributed by atoms with Crippen molar-refractivity contribution in [1.29, 1.82) is 0 Å². The van der Waals surface area contributed by atoms with Crippen molar-refractivity contribution in [1.82, 2.24) is 4.90 Å². The van der Waals surface area contributed by atoms with Crippen LogP contribution in [0.5, 0.6) is 5.75 Å². The molecule has 0 bridgehead atoms. The van der Waals surface area contributed by atoms with E-state index in [1.807, 2.05) is 31.5 Å². The van der Waals surface area contributed by atoms with E-state index in [-0.39, 0.29) is 11.9 Å². The van der Waals surface area contributed by atoms with Crippen LogP contribution < -0.4 is 4.74 Å². The summed E-state index contributed by atoms with van der Waals surface area (Å²) in [6, 6.07) is 5.44. The summed E-state index contributed by atoms with van der Waals surface area (Å²) in [5.74, 6) is 0.666. The molecular formula is C14H14N2O2. The van der Waals surface area contributed by atoms with Crippen molar-refractivity contribution in [2.24, 2.45) is 4.99 Å². The van der Waals surface area contributed by atoms with Crippen LogP contribution in [0.2, 0.25) is 0 Å². The number of ether oxygens (including phenoxy) is 1. The van der Waals surface area contributed by atoms with Crippen LogP contribution in [0.3, 0.4) is 0 Å². The Morgan fingerprint density at radius 3 is 3.06 bits per heavy atom.